The summed E-state index contributed by atoms with van der Waals surface area (Å²) in [6.07, 6.45) is 0. The third kappa shape index (κ3) is 3.81. The number of aryl methyl sites for hydroxylation is 1. The van der Waals surface area contributed by atoms with Crippen LogP contribution in [-0.4, -0.2) is 16.8 Å². The molecule has 132 valence electrons. The van der Waals surface area contributed by atoms with Crippen molar-refractivity contribution in [2.75, 3.05) is 17.4 Å². The van der Waals surface area contributed by atoms with E-state index in [2.05, 4.69) is 20.6 Å². The Morgan fingerprint density at radius 1 is 1.00 bits per heavy atom. The first-order valence-electron chi connectivity index (χ1n) is 8.16. The lowest BCUT2D eigenvalue weighted by molar-refractivity contribution is 0.174. The number of hydrogen-bond acceptors (Lipinski definition) is 6. The maximum atomic E-state index is 5.92. The molecule has 0 bridgehead atoms. The summed E-state index contributed by atoms with van der Waals surface area (Å²) in [5.74, 6) is 2.72. The molecule has 0 spiro atoms. The van der Waals surface area contributed by atoms with Crippen LogP contribution in [0.3, 0.4) is 0 Å². The molecule has 1 aliphatic heterocycles. The fourth-order valence-electron chi connectivity index (χ4n) is 2.61. The summed E-state index contributed by atoms with van der Waals surface area (Å²) in [6, 6.07) is 15.2. The van der Waals surface area contributed by atoms with Crippen molar-refractivity contribution < 1.29 is 9.47 Å². The minimum Gasteiger partial charge on any atom is -0.454 e. The predicted molar refractivity (Wildman–Crippen MR) is 101 cm³/mol. The predicted octanol–water partition coefficient (Wildman–Crippen LogP) is 4.52. The molecule has 0 aliphatic carbocycles. The van der Waals surface area contributed by atoms with Crippen molar-refractivity contribution >= 4 is 29.1 Å². The molecule has 2 aromatic carbocycles. The molecule has 0 atom stereocenters. The van der Waals surface area contributed by atoms with Gasteiger partial charge in [-0.3, -0.25) is 0 Å². The number of aromatic nitrogens is 2. The number of hydrogen-bond donors (Lipinski definition) is 2. The molecular weight excluding hydrogens is 352 g/mol. The summed E-state index contributed by atoms with van der Waals surface area (Å²) < 4.78 is 10.7. The Balaban J connectivity index is 1.48. The van der Waals surface area contributed by atoms with Crippen LogP contribution in [0.5, 0.6) is 11.5 Å². The highest BCUT2D eigenvalue weighted by Crippen LogP contribution is 2.34. The van der Waals surface area contributed by atoms with Crippen molar-refractivity contribution in [3.63, 3.8) is 0 Å². The third-order valence-electron chi connectivity index (χ3n) is 3.87. The average Bonchev–Trinajstić information content (AvgIpc) is 3.08. The van der Waals surface area contributed by atoms with Gasteiger partial charge in [-0.1, -0.05) is 23.7 Å². The molecular formula is C19H17ClN4O2. The van der Waals surface area contributed by atoms with Gasteiger partial charge >= 0.3 is 0 Å². The smallest absolute Gasteiger partial charge is 0.231 e. The molecule has 1 aliphatic rings. The maximum absolute atomic E-state index is 5.92. The number of halogens is 1. The zero-order chi connectivity index (χ0) is 17.9. The lowest BCUT2D eigenvalue weighted by Gasteiger charge is -2.10. The number of fused-ring (bicyclic) bond motifs is 1. The van der Waals surface area contributed by atoms with Crippen molar-refractivity contribution in [1.82, 2.24) is 9.97 Å². The summed E-state index contributed by atoms with van der Waals surface area (Å²) >= 11 is 5.92. The van der Waals surface area contributed by atoms with E-state index in [0.29, 0.717) is 18.2 Å². The van der Waals surface area contributed by atoms with Crippen LogP contribution in [0.15, 0.2) is 48.5 Å². The topological polar surface area (TPSA) is 68.3 Å². The highest BCUT2D eigenvalue weighted by atomic mass is 35.5. The number of rotatable bonds is 5. The molecule has 1 aromatic heterocycles. The molecule has 0 radical (unpaired) electrons. The Morgan fingerprint density at radius 2 is 1.81 bits per heavy atom. The highest BCUT2D eigenvalue weighted by molar-refractivity contribution is 6.30. The summed E-state index contributed by atoms with van der Waals surface area (Å²) in [5, 5.41) is 7.24. The Bertz CT molecular complexity index is 931. The van der Waals surface area contributed by atoms with Gasteiger partial charge in [0.1, 0.15) is 5.82 Å². The van der Waals surface area contributed by atoms with Gasteiger partial charge in [0.15, 0.2) is 11.5 Å². The summed E-state index contributed by atoms with van der Waals surface area (Å²) in [7, 11) is 0. The third-order valence-corrected chi connectivity index (χ3v) is 4.12. The molecule has 0 unspecified atom stereocenters. The van der Waals surface area contributed by atoms with Gasteiger partial charge in [-0.05, 0) is 36.8 Å². The van der Waals surface area contributed by atoms with E-state index in [1.54, 1.807) is 0 Å². The monoisotopic (exact) mass is 368 g/mol. The number of nitrogens with one attached hydrogen (secondary N) is 2. The van der Waals surface area contributed by atoms with E-state index in [-0.39, 0.29) is 6.79 Å². The van der Waals surface area contributed by atoms with Gasteiger partial charge in [0.25, 0.3) is 0 Å². The normalized spacial score (nSPS) is 12.1. The van der Waals surface area contributed by atoms with Gasteiger partial charge < -0.3 is 20.1 Å². The summed E-state index contributed by atoms with van der Waals surface area (Å²) in [4.78, 5) is 8.96. The molecule has 3 aromatic rings. The SMILES string of the molecule is Cc1cc(NCc2ccc(Cl)cc2)nc(Nc2ccc3c(c2)OCO3)n1. The minimum absolute atomic E-state index is 0.249. The molecule has 2 N–H and O–H groups in total. The quantitative estimate of drug-likeness (QED) is 0.690. The van der Waals surface area contributed by atoms with E-state index in [1.807, 2.05) is 55.5 Å². The van der Waals surface area contributed by atoms with Crippen LogP contribution >= 0.6 is 11.6 Å². The number of anilines is 3. The van der Waals surface area contributed by atoms with Gasteiger partial charge in [0.05, 0.1) is 0 Å². The van der Waals surface area contributed by atoms with Crippen molar-refractivity contribution in [1.29, 1.82) is 0 Å². The van der Waals surface area contributed by atoms with Crippen LogP contribution in [0.1, 0.15) is 11.3 Å². The second kappa shape index (κ2) is 7.09. The number of nitrogens with zero attached hydrogens (tertiary/aromatic N) is 2. The zero-order valence-corrected chi connectivity index (χ0v) is 14.9. The first-order valence-corrected chi connectivity index (χ1v) is 8.54. The van der Waals surface area contributed by atoms with Gasteiger partial charge in [0, 0.05) is 35.1 Å². The first kappa shape index (κ1) is 16.5. The van der Waals surface area contributed by atoms with Crippen molar-refractivity contribution in [3.8, 4) is 11.5 Å². The fraction of sp³-hybridized carbons (Fsp3) is 0.158. The molecule has 2 heterocycles. The largest absolute Gasteiger partial charge is 0.454 e. The molecule has 4 rings (SSSR count). The fourth-order valence-corrected chi connectivity index (χ4v) is 2.74. The molecule has 0 saturated heterocycles. The van der Waals surface area contributed by atoms with E-state index in [0.717, 1.165) is 33.5 Å². The van der Waals surface area contributed by atoms with E-state index < -0.39 is 0 Å². The standard InChI is InChI=1S/C19H17ClN4O2/c1-12-8-18(21-10-13-2-4-14(20)5-3-13)24-19(22-12)23-15-6-7-16-17(9-15)26-11-25-16/h2-9H,10-11H2,1H3,(H2,21,22,23,24). The van der Waals surface area contributed by atoms with E-state index in [1.165, 1.54) is 0 Å². The van der Waals surface area contributed by atoms with Crippen LogP contribution in [-0.2, 0) is 6.54 Å². The Morgan fingerprint density at radius 3 is 2.65 bits per heavy atom. The minimum atomic E-state index is 0.249. The highest BCUT2D eigenvalue weighted by Gasteiger charge is 2.13. The van der Waals surface area contributed by atoms with E-state index >= 15 is 0 Å². The van der Waals surface area contributed by atoms with Gasteiger partial charge in [-0.25, -0.2) is 4.98 Å². The van der Waals surface area contributed by atoms with E-state index in [9.17, 15) is 0 Å². The van der Waals surface area contributed by atoms with Crippen LogP contribution in [0.4, 0.5) is 17.5 Å². The van der Waals surface area contributed by atoms with E-state index in [4.69, 9.17) is 21.1 Å². The molecule has 6 nitrogen and oxygen atoms in total. The molecule has 7 heteroatoms. The second-order valence-corrected chi connectivity index (χ2v) is 6.33. The first-order chi connectivity index (χ1) is 12.7. The molecule has 26 heavy (non-hydrogen) atoms. The second-order valence-electron chi connectivity index (χ2n) is 5.89. The summed E-state index contributed by atoms with van der Waals surface area (Å²) in [6.45, 7) is 2.83. The van der Waals surface area contributed by atoms with Crippen LogP contribution < -0.4 is 20.1 Å². The Kier molecular flexibility index (Phi) is 4.50. The van der Waals surface area contributed by atoms with Crippen molar-refractivity contribution in [2.24, 2.45) is 0 Å². The Hall–Kier alpha value is -2.99. The maximum Gasteiger partial charge on any atom is 0.231 e. The van der Waals surface area contributed by atoms with Crippen LogP contribution in [0, 0.1) is 6.92 Å². The lowest BCUT2D eigenvalue weighted by Crippen LogP contribution is -2.05. The number of ether oxygens (including phenoxy) is 2. The van der Waals surface area contributed by atoms with Crippen LogP contribution in [0.25, 0.3) is 0 Å². The molecule has 0 saturated carbocycles. The van der Waals surface area contributed by atoms with Crippen molar-refractivity contribution in [2.45, 2.75) is 13.5 Å². The van der Waals surface area contributed by atoms with Crippen molar-refractivity contribution in [3.05, 3.63) is 64.8 Å². The van der Waals surface area contributed by atoms with Gasteiger partial charge in [0.2, 0.25) is 12.7 Å². The van der Waals surface area contributed by atoms with Gasteiger partial charge in [-0.2, -0.15) is 4.98 Å². The molecule has 0 fully saturated rings. The lowest BCUT2D eigenvalue weighted by atomic mass is 10.2. The zero-order valence-electron chi connectivity index (χ0n) is 14.1. The van der Waals surface area contributed by atoms with Gasteiger partial charge in [-0.15, -0.1) is 0 Å². The number of benzene rings is 2. The summed E-state index contributed by atoms with van der Waals surface area (Å²) in [5.41, 5.74) is 2.82. The average molecular weight is 369 g/mol. The molecule has 0 amide bonds. The van der Waals surface area contributed by atoms with Crippen LogP contribution in [0.2, 0.25) is 5.02 Å². The Labute approximate surface area is 156 Å².